The first-order valence-corrected chi connectivity index (χ1v) is 4.84. The number of sulfone groups is 1. The van der Waals surface area contributed by atoms with Crippen LogP contribution < -0.4 is 0 Å². The molecule has 0 saturated carbocycles. The van der Waals surface area contributed by atoms with E-state index in [1.807, 2.05) is 0 Å². The lowest BCUT2D eigenvalue weighted by Gasteiger charge is -1.99. The van der Waals surface area contributed by atoms with E-state index in [-0.39, 0.29) is 18.1 Å². The van der Waals surface area contributed by atoms with E-state index in [1.165, 1.54) is 6.08 Å². The van der Waals surface area contributed by atoms with E-state index < -0.39 is 15.8 Å². The summed E-state index contributed by atoms with van der Waals surface area (Å²) in [6, 6.07) is 0. The first-order chi connectivity index (χ1) is 4.99. The molecule has 62 valence electrons. The van der Waals surface area contributed by atoms with Gasteiger partial charge in [0.1, 0.15) is 0 Å². The van der Waals surface area contributed by atoms with Crippen LogP contribution in [0.4, 0.5) is 0 Å². The van der Waals surface area contributed by atoms with Gasteiger partial charge in [0.2, 0.25) is 0 Å². The van der Waals surface area contributed by atoms with Gasteiger partial charge in [0.25, 0.3) is 0 Å². The highest BCUT2D eigenvalue weighted by Crippen LogP contribution is 2.17. The van der Waals surface area contributed by atoms with Gasteiger partial charge in [-0.25, -0.2) is 8.42 Å². The maximum atomic E-state index is 10.7. The number of aliphatic carboxylic acids is 1. The molecule has 1 N–H and O–H groups in total. The Balaban J connectivity index is 2.58. The van der Waals surface area contributed by atoms with Crippen LogP contribution in [0.3, 0.4) is 0 Å². The topological polar surface area (TPSA) is 71.4 Å². The Morgan fingerprint density at radius 2 is 2.27 bits per heavy atom. The molecule has 1 aliphatic rings. The molecule has 0 spiro atoms. The van der Waals surface area contributed by atoms with Gasteiger partial charge in [0, 0.05) is 11.3 Å². The van der Waals surface area contributed by atoms with Crippen molar-refractivity contribution >= 4 is 15.8 Å². The Morgan fingerprint density at radius 1 is 1.64 bits per heavy atom. The molecule has 1 heterocycles. The van der Waals surface area contributed by atoms with Crippen LogP contribution in [0.25, 0.3) is 0 Å². The third-order valence-corrected chi connectivity index (χ3v) is 2.91. The van der Waals surface area contributed by atoms with Crippen molar-refractivity contribution in [3.63, 3.8) is 0 Å². The molecule has 0 radical (unpaired) electrons. The van der Waals surface area contributed by atoms with Crippen molar-refractivity contribution in [2.24, 2.45) is 5.92 Å². The van der Waals surface area contributed by atoms with Crippen LogP contribution in [0.1, 0.15) is 6.42 Å². The molecule has 0 bridgehead atoms. The fourth-order valence-corrected chi connectivity index (χ4v) is 2.39. The SMILES string of the molecule is O=C(O)C[C@H]1C=CS(=O)(=O)C1. The molecule has 1 aliphatic heterocycles. The van der Waals surface area contributed by atoms with E-state index in [9.17, 15) is 13.2 Å². The monoisotopic (exact) mass is 176 g/mol. The quantitative estimate of drug-likeness (QED) is 0.643. The summed E-state index contributed by atoms with van der Waals surface area (Å²) in [7, 11) is -3.08. The van der Waals surface area contributed by atoms with E-state index in [1.54, 1.807) is 0 Å². The van der Waals surface area contributed by atoms with Gasteiger partial charge in [0.05, 0.1) is 12.2 Å². The largest absolute Gasteiger partial charge is 0.481 e. The second kappa shape index (κ2) is 2.65. The van der Waals surface area contributed by atoms with Gasteiger partial charge in [-0.2, -0.15) is 0 Å². The van der Waals surface area contributed by atoms with E-state index >= 15 is 0 Å². The summed E-state index contributed by atoms with van der Waals surface area (Å²) in [4.78, 5) is 10.1. The van der Waals surface area contributed by atoms with Crippen LogP contribution in [-0.4, -0.2) is 25.2 Å². The Labute approximate surface area is 64.4 Å². The zero-order valence-corrected chi connectivity index (χ0v) is 6.54. The van der Waals surface area contributed by atoms with Gasteiger partial charge in [-0.1, -0.05) is 6.08 Å². The van der Waals surface area contributed by atoms with E-state index in [4.69, 9.17) is 5.11 Å². The van der Waals surface area contributed by atoms with E-state index in [0.717, 1.165) is 5.41 Å². The third-order valence-electron chi connectivity index (χ3n) is 1.44. The zero-order valence-electron chi connectivity index (χ0n) is 5.73. The summed E-state index contributed by atoms with van der Waals surface area (Å²) in [6.45, 7) is 0. The summed E-state index contributed by atoms with van der Waals surface area (Å²) in [5, 5.41) is 9.40. The minimum Gasteiger partial charge on any atom is -0.481 e. The second-order valence-corrected chi connectivity index (χ2v) is 4.45. The normalized spacial score (nSPS) is 27.1. The molecule has 0 unspecified atom stereocenters. The number of carboxylic acid groups (broad SMARTS) is 1. The molecule has 0 aromatic heterocycles. The van der Waals surface area contributed by atoms with Crippen LogP contribution in [0.2, 0.25) is 0 Å². The molecule has 0 aliphatic carbocycles. The number of hydrogen-bond acceptors (Lipinski definition) is 3. The molecule has 0 amide bonds. The fourth-order valence-electron chi connectivity index (χ4n) is 0.992. The van der Waals surface area contributed by atoms with Gasteiger partial charge in [-0.15, -0.1) is 0 Å². The summed E-state index contributed by atoms with van der Waals surface area (Å²) in [6.07, 6.45) is 1.33. The number of hydrogen-bond donors (Lipinski definition) is 1. The molecule has 0 aromatic rings. The summed E-state index contributed by atoms with van der Waals surface area (Å²) < 4.78 is 21.5. The first kappa shape index (κ1) is 8.26. The molecule has 4 nitrogen and oxygen atoms in total. The van der Waals surface area contributed by atoms with Crippen molar-refractivity contribution in [3.05, 3.63) is 11.5 Å². The van der Waals surface area contributed by atoms with Crippen LogP contribution in [0, 0.1) is 5.92 Å². The zero-order chi connectivity index (χ0) is 8.48. The molecule has 0 fully saturated rings. The van der Waals surface area contributed by atoms with Gasteiger partial charge < -0.3 is 5.11 Å². The van der Waals surface area contributed by atoms with E-state index in [0.29, 0.717) is 0 Å². The van der Waals surface area contributed by atoms with Gasteiger partial charge in [-0.3, -0.25) is 4.79 Å². The minimum atomic E-state index is -3.08. The second-order valence-electron chi connectivity index (χ2n) is 2.52. The molecular formula is C6H8O4S. The predicted molar refractivity (Wildman–Crippen MR) is 38.7 cm³/mol. The molecule has 0 saturated heterocycles. The molecule has 11 heavy (non-hydrogen) atoms. The summed E-state index contributed by atoms with van der Waals surface area (Å²) in [5.41, 5.74) is 0. The smallest absolute Gasteiger partial charge is 0.303 e. The van der Waals surface area contributed by atoms with E-state index in [2.05, 4.69) is 0 Å². The van der Waals surface area contributed by atoms with Crippen molar-refractivity contribution in [2.45, 2.75) is 6.42 Å². The summed E-state index contributed by atoms with van der Waals surface area (Å²) >= 11 is 0. The minimum absolute atomic E-state index is 0.0562. The van der Waals surface area contributed by atoms with Crippen molar-refractivity contribution in [1.82, 2.24) is 0 Å². The Hall–Kier alpha value is -0.840. The Kier molecular flexibility index (Phi) is 1.99. The highest BCUT2D eigenvalue weighted by molar-refractivity contribution is 7.94. The maximum absolute atomic E-state index is 10.7. The van der Waals surface area contributed by atoms with Crippen molar-refractivity contribution in [1.29, 1.82) is 0 Å². The first-order valence-electron chi connectivity index (χ1n) is 3.12. The van der Waals surface area contributed by atoms with Crippen LogP contribution in [0.5, 0.6) is 0 Å². The molecule has 1 rings (SSSR count). The molecule has 5 heteroatoms. The van der Waals surface area contributed by atoms with Crippen molar-refractivity contribution in [2.75, 3.05) is 5.75 Å². The average Bonchev–Trinajstić information content (AvgIpc) is 2.08. The number of rotatable bonds is 2. The highest BCUT2D eigenvalue weighted by atomic mass is 32.2. The third kappa shape index (κ3) is 2.34. The predicted octanol–water partition coefficient (Wildman–Crippen LogP) is 0.0194. The average molecular weight is 176 g/mol. The number of allylic oxidation sites excluding steroid dienone is 1. The lowest BCUT2D eigenvalue weighted by molar-refractivity contribution is -0.137. The summed E-state index contributed by atoms with van der Waals surface area (Å²) in [5.74, 6) is -1.35. The van der Waals surface area contributed by atoms with Gasteiger partial charge in [-0.05, 0) is 0 Å². The standard InChI is InChI=1S/C6H8O4S/c7-6(8)3-5-1-2-11(9,10)4-5/h1-2,5H,3-4H2,(H,7,8)/t5-/m1/s1. The Morgan fingerprint density at radius 3 is 2.64 bits per heavy atom. The number of carbonyl (C=O) groups is 1. The molecular weight excluding hydrogens is 168 g/mol. The fraction of sp³-hybridized carbons (Fsp3) is 0.500. The lowest BCUT2D eigenvalue weighted by atomic mass is 10.1. The lowest BCUT2D eigenvalue weighted by Crippen LogP contribution is -2.10. The van der Waals surface area contributed by atoms with Crippen LogP contribution in [0.15, 0.2) is 11.5 Å². The van der Waals surface area contributed by atoms with Crippen LogP contribution in [-0.2, 0) is 14.6 Å². The van der Waals surface area contributed by atoms with Crippen molar-refractivity contribution in [3.8, 4) is 0 Å². The maximum Gasteiger partial charge on any atom is 0.303 e. The Bertz CT molecular complexity index is 288. The number of carboxylic acids is 1. The van der Waals surface area contributed by atoms with Gasteiger partial charge in [0.15, 0.2) is 9.84 Å². The van der Waals surface area contributed by atoms with Crippen molar-refractivity contribution < 1.29 is 18.3 Å². The molecule has 1 atom stereocenters. The molecule has 0 aromatic carbocycles. The highest BCUT2D eigenvalue weighted by Gasteiger charge is 2.23. The van der Waals surface area contributed by atoms with Crippen LogP contribution >= 0.6 is 0 Å². The van der Waals surface area contributed by atoms with Gasteiger partial charge >= 0.3 is 5.97 Å².